The first-order chi connectivity index (χ1) is 5.72. The van der Waals surface area contributed by atoms with E-state index in [4.69, 9.17) is 0 Å². The van der Waals surface area contributed by atoms with Gasteiger partial charge in [-0.05, 0) is 34.0 Å². The lowest BCUT2D eigenvalue weighted by molar-refractivity contribution is 0.235. The van der Waals surface area contributed by atoms with Crippen LogP contribution in [0, 0.1) is 34.0 Å². The number of hydrogen-bond acceptors (Lipinski definition) is 0. The zero-order valence-electron chi connectivity index (χ0n) is 10.2. The number of rotatable bonds is 1. The Bertz CT molecular complexity index is 243. The molecule has 0 aromatic heterocycles. The Morgan fingerprint density at radius 2 is 1.23 bits per heavy atom. The van der Waals surface area contributed by atoms with Gasteiger partial charge in [0, 0.05) is 0 Å². The van der Waals surface area contributed by atoms with Crippen molar-refractivity contribution in [1.29, 1.82) is 0 Å². The van der Waals surface area contributed by atoms with Gasteiger partial charge in [0.15, 0.2) is 0 Å². The summed E-state index contributed by atoms with van der Waals surface area (Å²) in [4.78, 5) is 0. The van der Waals surface area contributed by atoms with Gasteiger partial charge in [-0.15, -0.1) is 0 Å². The highest BCUT2D eigenvalue weighted by Gasteiger charge is 2.80. The fourth-order valence-electron chi connectivity index (χ4n) is 4.07. The first-order valence-corrected chi connectivity index (χ1v) is 5.57. The summed E-state index contributed by atoms with van der Waals surface area (Å²) in [5.74, 6) is 3.54. The Kier molecular flexibility index (Phi) is 1.46. The van der Waals surface area contributed by atoms with E-state index in [2.05, 4.69) is 48.5 Å². The molecular formula is C13H23. The molecule has 0 amide bonds. The molecule has 2 aliphatic rings. The van der Waals surface area contributed by atoms with Gasteiger partial charge in [-0.25, -0.2) is 0 Å². The van der Waals surface area contributed by atoms with Gasteiger partial charge in [-0.2, -0.15) is 0 Å². The van der Waals surface area contributed by atoms with Gasteiger partial charge in [0.1, 0.15) is 0 Å². The lowest BCUT2D eigenvalue weighted by atomic mass is 9.79. The molecule has 75 valence electrons. The van der Waals surface area contributed by atoms with E-state index in [1.165, 1.54) is 0 Å². The molecule has 2 rings (SSSR count). The van der Waals surface area contributed by atoms with E-state index in [0.29, 0.717) is 16.2 Å². The largest absolute Gasteiger partial charge is 0.0617 e. The smallest absolute Gasteiger partial charge is 0.0140 e. The molecular weight excluding hydrogens is 156 g/mol. The molecule has 0 N–H and O–H groups in total. The molecule has 13 heavy (non-hydrogen) atoms. The van der Waals surface area contributed by atoms with E-state index in [1.54, 1.807) is 5.92 Å². The summed E-state index contributed by atoms with van der Waals surface area (Å²) in [5.41, 5.74) is 1.58. The first-order valence-electron chi connectivity index (χ1n) is 5.57. The Hall–Kier alpha value is 0. The number of hydrogen-bond donors (Lipinski definition) is 0. The Labute approximate surface area is 83.1 Å². The van der Waals surface area contributed by atoms with Crippen LogP contribution in [0.25, 0.3) is 0 Å². The van der Waals surface area contributed by atoms with Crippen molar-refractivity contribution in [3.8, 4) is 0 Å². The summed E-state index contributed by atoms with van der Waals surface area (Å²) in [6.45, 7) is 17.0. The van der Waals surface area contributed by atoms with Crippen LogP contribution in [0.2, 0.25) is 0 Å². The van der Waals surface area contributed by atoms with Gasteiger partial charge < -0.3 is 0 Å². The van der Waals surface area contributed by atoms with Gasteiger partial charge in [0.05, 0.1) is 0 Å². The average molecular weight is 179 g/mol. The molecule has 2 aliphatic carbocycles. The summed E-state index contributed by atoms with van der Waals surface area (Å²) in [7, 11) is 0. The monoisotopic (exact) mass is 179 g/mol. The highest BCUT2D eigenvalue weighted by Crippen LogP contribution is 2.86. The van der Waals surface area contributed by atoms with Crippen molar-refractivity contribution in [3.05, 3.63) is 5.92 Å². The maximum absolute atomic E-state index is 2.49. The standard InChI is InChI=1S/C13H23/c1-8-9(2)12(8,6)13(7)10(3)11(13,4)5/h8-9H,1-7H3. The van der Waals surface area contributed by atoms with E-state index in [0.717, 1.165) is 11.8 Å². The van der Waals surface area contributed by atoms with Crippen molar-refractivity contribution in [3.63, 3.8) is 0 Å². The zero-order valence-corrected chi connectivity index (χ0v) is 10.2. The third kappa shape index (κ3) is 0.680. The molecule has 0 heteroatoms. The second-order valence-corrected chi connectivity index (χ2v) is 6.24. The van der Waals surface area contributed by atoms with E-state index in [9.17, 15) is 0 Å². The Morgan fingerprint density at radius 3 is 1.31 bits per heavy atom. The molecule has 3 atom stereocenters. The van der Waals surface area contributed by atoms with Crippen LogP contribution in [0.3, 0.4) is 0 Å². The highest BCUT2D eigenvalue weighted by molar-refractivity contribution is 5.42. The lowest BCUT2D eigenvalue weighted by Gasteiger charge is -2.25. The van der Waals surface area contributed by atoms with Gasteiger partial charge in [0.25, 0.3) is 0 Å². The van der Waals surface area contributed by atoms with Gasteiger partial charge in [-0.1, -0.05) is 48.5 Å². The molecule has 0 nitrogen and oxygen atoms in total. The Morgan fingerprint density at radius 1 is 0.923 bits per heavy atom. The normalized spacial score (nSPS) is 59.3. The summed E-state index contributed by atoms with van der Waals surface area (Å²) in [5, 5.41) is 0. The second kappa shape index (κ2) is 1.99. The molecule has 0 aliphatic heterocycles. The average Bonchev–Trinajstić information content (AvgIpc) is 2.69. The minimum Gasteiger partial charge on any atom is -0.0617 e. The lowest BCUT2D eigenvalue weighted by Crippen LogP contribution is -2.19. The molecule has 0 aromatic rings. The molecule has 0 spiro atoms. The van der Waals surface area contributed by atoms with Gasteiger partial charge >= 0.3 is 0 Å². The van der Waals surface area contributed by atoms with Crippen molar-refractivity contribution in [2.75, 3.05) is 0 Å². The van der Waals surface area contributed by atoms with Crippen LogP contribution in [0.4, 0.5) is 0 Å². The maximum atomic E-state index is 2.49. The summed E-state index contributed by atoms with van der Waals surface area (Å²) in [6, 6.07) is 0. The van der Waals surface area contributed by atoms with Gasteiger partial charge in [-0.3, -0.25) is 0 Å². The van der Waals surface area contributed by atoms with E-state index in [-0.39, 0.29) is 0 Å². The minimum absolute atomic E-state index is 0.487. The fourth-order valence-corrected chi connectivity index (χ4v) is 4.07. The van der Waals surface area contributed by atoms with Crippen LogP contribution < -0.4 is 0 Å². The first kappa shape index (κ1) is 9.55. The van der Waals surface area contributed by atoms with Crippen LogP contribution in [0.15, 0.2) is 0 Å². The SMILES string of the molecule is C[C]1C(C)(C)C1(C)C1(C)C(C)C1C. The molecule has 0 saturated heterocycles. The van der Waals surface area contributed by atoms with E-state index in [1.807, 2.05) is 0 Å². The highest BCUT2D eigenvalue weighted by atomic mass is 14.8. The molecule has 0 aromatic carbocycles. The summed E-state index contributed by atoms with van der Waals surface area (Å²) >= 11 is 0. The molecule has 2 fully saturated rings. The molecule has 2 saturated carbocycles. The summed E-state index contributed by atoms with van der Waals surface area (Å²) in [6.07, 6.45) is 0. The van der Waals surface area contributed by atoms with Gasteiger partial charge in [0.2, 0.25) is 0 Å². The molecule has 3 unspecified atom stereocenters. The third-order valence-electron chi connectivity index (χ3n) is 6.49. The van der Waals surface area contributed by atoms with Crippen LogP contribution in [-0.2, 0) is 0 Å². The summed E-state index contributed by atoms with van der Waals surface area (Å²) < 4.78 is 0. The van der Waals surface area contributed by atoms with Crippen molar-refractivity contribution in [2.45, 2.75) is 48.5 Å². The molecule has 1 radical (unpaired) electrons. The van der Waals surface area contributed by atoms with E-state index >= 15 is 0 Å². The fraction of sp³-hybridized carbons (Fsp3) is 0.923. The van der Waals surface area contributed by atoms with Crippen LogP contribution in [0.5, 0.6) is 0 Å². The van der Waals surface area contributed by atoms with Crippen molar-refractivity contribution >= 4 is 0 Å². The van der Waals surface area contributed by atoms with E-state index < -0.39 is 0 Å². The predicted octanol–water partition coefficient (Wildman–Crippen LogP) is 3.92. The molecule has 0 bridgehead atoms. The molecule has 0 heterocycles. The van der Waals surface area contributed by atoms with Crippen molar-refractivity contribution in [1.82, 2.24) is 0 Å². The maximum Gasteiger partial charge on any atom is -0.0140 e. The topological polar surface area (TPSA) is 0 Å². The van der Waals surface area contributed by atoms with Crippen molar-refractivity contribution < 1.29 is 0 Å². The quantitative estimate of drug-likeness (QED) is 0.572. The minimum atomic E-state index is 0.487. The third-order valence-corrected chi connectivity index (χ3v) is 6.49. The Balaban J connectivity index is 2.31. The predicted molar refractivity (Wildman–Crippen MR) is 57.2 cm³/mol. The van der Waals surface area contributed by atoms with Crippen LogP contribution in [-0.4, -0.2) is 0 Å². The zero-order chi connectivity index (χ0) is 10.2. The second-order valence-electron chi connectivity index (χ2n) is 6.24. The van der Waals surface area contributed by atoms with Crippen LogP contribution >= 0.6 is 0 Å². The van der Waals surface area contributed by atoms with Crippen molar-refractivity contribution in [2.24, 2.45) is 28.1 Å². The van der Waals surface area contributed by atoms with Crippen LogP contribution in [0.1, 0.15) is 48.5 Å².